The molecule has 0 aliphatic rings. The van der Waals surface area contributed by atoms with Crippen molar-refractivity contribution in [2.75, 3.05) is 17.1 Å². The smallest absolute Gasteiger partial charge is 0.240 e. The monoisotopic (exact) mass is 316 g/mol. The Balaban J connectivity index is 2.91. The number of benzene rings is 1. The van der Waals surface area contributed by atoms with Crippen molar-refractivity contribution in [2.24, 2.45) is 5.92 Å². The molecule has 0 aliphatic heterocycles. The molecule has 0 aliphatic carbocycles. The molecule has 0 aromatic heterocycles. The van der Waals surface area contributed by atoms with Gasteiger partial charge in [-0.15, -0.1) is 0 Å². The average Bonchev–Trinajstić information content (AvgIpc) is 2.35. The van der Waals surface area contributed by atoms with Gasteiger partial charge in [0.15, 0.2) is 0 Å². The van der Waals surface area contributed by atoms with Crippen molar-refractivity contribution in [1.29, 1.82) is 0 Å². The Kier molecular flexibility index (Phi) is 5.71. The molecule has 1 aromatic carbocycles. The highest BCUT2D eigenvalue weighted by Crippen LogP contribution is 2.17. The minimum absolute atomic E-state index is 0.0628. The van der Waals surface area contributed by atoms with Gasteiger partial charge in [-0.05, 0) is 37.1 Å². The maximum atomic E-state index is 12.9. The molecule has 0 unspecified atom stereocenters. The number of hydrogen-bond donors (Lipinski definition) is 1. The summed E-state index contributed by atoms with van der Waals surface area (Å²) in [6.07, 6.45) is 1.01. The zero-order chi connectivity index (χ0) is 16.2. The normalized spacial score (nSPS) is 13.0. The first-order chi connectivity index (χ1) is 9.61. The number of hydrogen-bond acceptors (Lipinski definition) is 3. The van der Waals surface area contributed by atoms with Crippen LogP contribution in [0.15, 0.2) is 24.3 Å². The SMILES string of the molecule is CC(C)[C@H](C)NC(=O)CN(c1ccc(F)cc1)S(C)(=O)=O. The van der Waals surface area contributed by atoms with Gasteiger partial charge in [-0.2, -0.15) is 0 Å². The summed E-state index contributed by atoms with van der Waals surface area (Å²) >= 11 is 0. The number of nitrogens with zero attached hydrogens (tertiary/aromatic N) is 1. The van der Waals surface area contributed by atoms with E-state index in [-0.39, 0.29) is 24.2 Å². The van der Waals surface area contributed by atoms with Crippen LogP contribution in [0.5, 0.6) is 0 Å². The van der Waals surface area contributed by atoms with Crippen molar-refractivity contribution in [3.8, 4) is 0 Å². The third-order valence-electron chi connectivity index (χ3n) is 3.19. The molecule has 0 saturated carbocycles. The van der Waals surface area contributed by atoms with E-state index >= 15 is 0 Å². The molecule has 1 amide bonds. The van der Waals surface area contributed by atoms with E-state index in [0.29, 0.717) is 0 Å². The van der Waals surface area contributed by atoms with Crippen molar-refractivity contribution in [3.05, 3.63) is 30.1 Å². The summed E-state index contributed by atoms with van der Waals surface area (Å²) in [5.41, 5.74) is 0.256. The molecule has 0 spiro atoms. The molecule has 0 bridgehead atoms. The van der Waals surface area contributed by atoms with Gasteiger partial charge in [-0.25, -0.2) is 12.8 Å². The molecule has 1 rings (SSSR count). The van der Waals surface area contributed by atoms with Crippen LogP contribution in [-0.4, -0.2) is 33.2 Å². The molecule has 21 heavy (non-hydrogen) atoms. The van der Waals surface area contributed by atoms with Gasteiger partial charge in [0.05, 0.1) is 11.9 Å². The Labute approximate surface area is 125 Å². The Hall–Kier alpha value is -1.63. The molecular formula is C14H21FN2O3S. The van der Waals surface area contributed by atoms with Gasteiger partial charge in [0.25, 0.3) is 0 Å². The third kappa shape index (κ3) is 5.34. The van der Waals surface area contributed by atoms with Crippen molar-refractivity contribution < 1.29 is 17.6 Å². The lowest BCUT2D eigenvalue weighted by molar-refractivity contribution is -0.120. The van der Waals surface area contributed by atoms with Gasteiger partial charge < -0.3 is 5.32 Å². The lowest BCUT2D eigenvalue weighted by Gasteiger charge is -2.24. The second-order valence-corrected chi connectivity index (χ2v) is 7.25. The molecule has 0 fully saturated rings. The minimum atomic E-state index is -3.63. The van der Waals surface area contributed by atoms with Crippen molar-refractivity contribution in [1.82, 2.24) is 5.32 Å². The number of anilines is 1. The van der Waals surface area contributed by atoms with E-state index in [1.165, 1.54) is 12.1 Å². The Morgan fingerprint density at radius 3 is 2.19 bits per heavy atom. The molecule has 0 radical (unpaired) electrons. The maximum Gasteiger partial charge on any atom is 0.240 e. The molecule has 5 nitrogen and oxygen atoms in total. The first kappa shape index (κ1) is 17.4. The maximum absolute atomic E-state index is 12.9. The summed E-state index contributed by atoms with van der Waals surface area (Å²) in [6, 6.07) is 4.90. The molecule has 1 N–H and O–H groups in total. The zero-order valence-electron chi connectivity index (χ0n) is 12.6. The van der Waals surface area contributed by atoms with Gasteiger partial charge in [0, 0.05) is 6.04 Å². The van der Waals surface area contributed by atoms with E-state index < -0.39 is 21.7 Å². The van der Waals surface area contributed by atoms with E-state index in [4.69, 9.17) is 0 Å². The highest BCUT2D eigenvalue weighted by Gasteiger charge is 2.22. The van der Waals surface area contributed by atoms with Crippen LogP contribution in [0.2, 0.25) is 0 Å². The van der Waals surface area contributed by atoms with E-state index in [2.05, 4.69) is 5.32 Å². The fraction of sp³-hybridized carbons (Fsp3) is 0.500. The van der Waals surface area contributed by atoms with Gasteiger partial charge in [0.2, 0.25) is 15.9 Å². The van der Waals surface area contributed by atoms with E-state index in [9.17, 15) is 17.6 Å². The summed E-state index contributed by atoms with van der Waals surface area (Å²) in [5, 5.41) is 2.74. The van der Waals surface area contributed by atoms with Gasteiger partial charge in [0.1, 0.15) is 12.4 Å². The molecule has 1 aromatic rings. The first-order valence-electron chi connectivity index (χ1n) is 6.64. The first-order valence-corrected chi connectivity index (χ1v) is 8.48. The van der Waals surface area contributed by atoms with Crippen LogP contribution < -0.4 is 9.62 Å². The average molecular weight is 316 g/mol. The fourth-order valence-corrected chi connectivity index (χ4v) is 2.46. The van der Waals surface area contributed by atoms with Crippen LogP contribution in [0.25, 0.3) is 0 Å². The van der Waals surface area contributed by atoms with Crippen molar-refractivity contribution in [2.45, 2.75) is 26.8 Å². The van der Waals surface area contributed by atoms with Crippen LogP contribution in [0.1, 0.15) is 20.8 Å². The predicted molar refractivity (Wildman–Crippen MR) is 81.0 cm³/mol. The number of rotatable bonds is 6. The predicted octanol–water partition coefficient (Wildman–Crippen LogP) is 1.75. The number of halogens is 1. The van der Waals surface area contributed by atoms with Crippen LogP contribution in [-0.2, 0) is 14.8 Å². The Morgan fingerprint density at radius 1 is 1.24 bits per heavy atom. The number of sulfonamides is 1. The number of nitrogens with one attached hydrogen (secondary N) is 1. The van der Waals surface area contributed by atoms with E-state index in [1.54, 1.807) is 0 Å². The summed E-state index contributed by atoms with van der Waals surface area (Å²) in [4.78, 5) is 12.0. The van der Waals surface area contributed by atoms with Gasteiger partial charge in [-0.1, -0.05) is 13.8 Å². The third-order valence-corrected chi connectivity index (χ3v) is 4.33. The molecule has 7 heteroatoms. The lowest BCUT2D eigenvalue weighted by Crippen LogP contribution is -2.44. The Morgan fingerprint density at radius 2 is 1.76 bits per heavy atom. The summed E-state index contributed by atoms with van der Waals surface area (Å²) in [6.45, 7) is 5.44. The van der Waals surface area contributed by atoms with Gasteiger partial charge in [-0.3, -0.25) is 9.10 Å². The van der Waals surface area contributed by atoms with Crippen molar-refractivity contribution in [3.63, 3.8) is 0 Å². The summed E-state index contributed by atoms with van der Waals surface area (Å²) < 4.78 is 37.5. The second-order valence-electron chi connectivity index (χ2n) is 5.35. The summed E-state index contributed by atoms with van der Waals surface area (Å²) in [5.74, 6) is -0.623. The largest absolute Gasteiger partial charge is 0.352 e. The zero-order valence-corrected chi connectivity index (χ0v) is 13.4. The van der Waals surface area contributed by atoms with E-state index in [0.717, 1.165) is 22.7 Å². The second kappa shape index (κ2) is 6.89. The Bertz CT molecular complexity index is 585. The number of amides is 1. The van der Waals surface area contributed by atoms with E-state index in [1.807, 2.05) is 20.8 Å². The standard InChI is InChI=1S/C14H21FN2O3S/c1-10(2)11(3)16-14(18)9-17(21(4,19)20)13-7-5-12(15)6-8-13/h5-8,10-11H,9H2,1-4H3,(H,16,18)/t11-/m0/s1. The molecular weight excluding hydrogens is 295 g/mol. The fourth-order valence-electron chi connectivity index (χ4n) is 1.60. The van der Waals surface area contributed by atoms with Crippen LogP contribution in [0.3, 0.4) is 0 Å². The molecule has 0 saturated heterocycles. The number of carbonyl (C=O) groups excluding carboxylic acids is 1. The molecule has 1 atom stereocenters. The van der Waals surface area contributed by atoms with Crippen LogP contribution in [0.4, 0.5) is 10.1 Å². The highest BCUT2D eigenvalue weighted by atomic mass is 32.2. The minimum Gasteiger partial charge on any atom is -0.352 e. The van der Waals surface area contributed by atoms with Crippen LogP contribution >= 0.6 is 0 Å². The molecule has 0 heterocycles. The summed E-state index contributed by atoms with van der Waals surface area (Å²) in [7, 11) is -3.63. The lowest BCUT2D eigenvalue weighted by atomic mass is 10.1. The molecule has 118 valence electrons. The van der Waals surface area contributed by atoms with Crippen LogP contribution in [0, 0.1) is 11.7 Å². The highest BCUT2D eigenvalue weighted by molar-refractivity contribution is 7.92. The van der Waals surface area contributed by atoms with Gasteiger partial charge >= 0.3 is 0 Å². The van der Waals surface area contributed by atoms with Crippen molar-refractivity contribution >= 4 is 21.6 Å². The quantitative estimate of drug-likeness (QED) is 0.869. The number of carbonyl (C=O) groups is 1. The topological polar surface area (TPSA) is 66.5 Å².